The summed E-state index contributed by atoms with van der Waals surface area (Å²) < 4.78 is 8.33. The number of hydrogen-bond donors (Lipinski definition) is 1. The van der Waals surface area contributed by atoms with E-state index in [2.05, 4.69) is 60.7 Å². The van der Waals surface area contributed by atoms with E-state index in [0.29, 0.717) is 29.9 Å². The highest BCUT2D eigenvalue weighted by molar-refractivity contribution is 5.73. The summed E-state index contributed by atoms with van der Waals surface area (Å²) in [7, 11) is 1.75. The molecule has 2 aromatic carbocycles. The van der Waals surface area contributed by atoms with Crippen molar-refractivity contribution in [3.8, 4) is 28.4 Å². The third kappa shape index (κ3) is 5.40. The minimum Gasteiger partial charge on any atom is -0.488 e. The second-order valence-corrected chi connectivity index (χ2v) is 11.8. The maximum Gasteiger partial charge on any atom is 0.234 e. The van der Waals surface area contributed by atoms with Crippen LogP contribution in [0.4, 0.5) is 0 Å². The molecule has 0 aliphatic carbocycles. The third-order valence-electron chi connectivity index (χ3n) is 7.22. The minimum atomic E-state index is 0.0472. The Morgan fingerprint density at radius 3 is 2.46 bits per heavy atom. The molecule has 0 amide bonds. The van der Waals surface area contributed by atoms with Gasteiger partial charge in [0.1, 0.15) is 12.4 Å². The molecule has 9 heteroatoms. The quantitative estimate of drug-likeness (QED) is 0.328. The van der Waals surface area contributed by atoms with Crippen LogP contribution in [0.25, 0.3) is 28.4 Å². The first-order chi connectivity index (χ1) is 18.6. The number of tetrazole rings is 1. The lowest BCUT2D eigenvalue weighted by molar-refractivity contribution is 0.160. The summed E-state index contributed by atoms with van der Waals surface area (Å²) in [6, 6.07) is 18.2. The Hall–Kier alpha value is -4.11. The van der Waals surface area contributed by atoms with Crippen LogP contribution < -0.4 is 10.1 Å². The molecule has 4 heterocycles. The molecule has 1 saturated heterocycles. The zero-order valence-electron chi connectivity index (χ0n) is 23.1. The van der Waals surface area contributed by atoms with Crippen molar-refractivity contribution in [1.82, 2.24) is 39.9 Å². The van der Waals surface area contributed by atoms with Crippen LogP contribution in [0.3, 0.4) is 0 Å². The Morgan fingerprint density at radius 2 is 1.74 bits per heavy atom. The van der Waals surface area contributed by atoms with Gasteiger partial charge in [0.15, 0.2) is 0 Å². The first-order valence-electron chi connectivity index (χ1n) is 13.3. The lowest BCUT2D eigenvalue weighted by Crippen LogP contribution is -2.57. The number of ether oxygens (including phenoxy) is 1. The second kappa shape index (κ2) is 9.57. The Balaban J connectivity index is 1.35. The van der Waals surface area contributed by atoms with Gasteiger partial charge in [-0.15, -0.1) is 10.2 Å². The first-order valence-corrected chi connectivity index (χ1v) is 13.3. The number of hydrogen-bond acceptors (Lipinski definition) is 7. The molecule has 0 unspecified atom stereocenters. The van der Waals surface area contributed by atoms with E-state index in [0.717, 1.165) is 40.9 Å². The molecule has 0 atom stereocenters. The van der Waals surface area contributed by atoms with Crippen molar-refractivity contribution in [1.29, 1.82) is 0 Å². The standard InChI is InChI=1S/C30H34N8O/c1-29(2)16-22(17-30(3,4)35-29)24-13-14-38-18-25(32-28(38)31-24)23-12-11-21(27-33-36-37(5)34-27)15-26(23)39-19-20-9-7-6-8-10-20/h6-15,18,22,35H,16-17,19H2,1-5H3. The fourth-order valence-electron chi connectivity index (χ4n) is 5.90. The van der Waals surface area contributed by atoms with Gasteiger partial charge in [-0.25, -0.2) is 9.97 Å². The molecule has 9 nitrogen and oxygen atoms in total. The van der Waals surface area contributed by atoms with E-state index in [1.807, 2.05) is 59.1 Å². The van der Waals surface area contributed by atoms with Gasteiger partial charge < -0.3 is 10.1 Å². The lowest BCUT2D eigenvalue weighted by Gasteiger charge is -2.46. The molecule has 1 fully saturated rings. The smallest absolute Gasteiger partial charge is 0.234 e. The van der Waals surface area contributed by atoms with Gasteiger partial charge in [0, 0.05) is 46.2 Å². The highest BCUT2D eigenvalue weighted by Crippen LogP contribution is 2.39. The molecule has 0 spiro atoms. The molecule has 1 aliphatic rings. The van der Waals surface area contributed by atoms with E-state index in [9.17, 15) is 0 Å². The van der Waals surface area contributed by atoms with Crippen molar-refractivity contribution in [3.63, 3.8) is 0 Å². The van der Waals surface area contributed by atoms with E-state index in [1.165, 1.54) is 4.80 Å². The Bertz CT molecular complexity index is 1600. The number of aromatic nitrogens is 7. The van der Waals surface area contributed by atoms with E-state index >= 15 is 0 Å². The monoisotopic (exact) mass is 522 g/mol. The van der Waals surface area contributed by atoms with Crippen LogP contribution in [0.15, 0.2) is 67.0 Å². The molecule has 0 radical (unpaired) electrons. The van der Waals surface area contributed by atoms with Crippen molar-refractivity contribution in [3.05, 3.63) is 78.2 Å². The topological polar surface area (TPSA) is 95.1 Å². The van der Waals surface area contributed by atoms with Gasteiger partial charge in [-0.1, -0.05) is 36.4 Å². The van der Waals surface area contributed by atoms with Crippen molar-refractivity contribution in [2.75, 3.05) is 0 Å². The molecule has 200 valence electrons. The SMILES string of the molecule is Cn1nnc(-c2ccc(-c3cn4ccc(C5CC(C)(C)NC(C)(C)C5)nc4n3)c(OCc3ccccc3)c2)n1. The van der Waals surface area contributed by atoms with Gasteiger partial charge in [-0.2, -0.15) is 4.80 Å². The van der Waals surface area contributed by atoms with E-state index in [1.54, 1.807) is 7.05 Å². The van der Waals surface area contributed by atoms with Crippen LogP contribution in [0.5, 0.6) is 5.75 Å². The molecule has 5 aromatic rings. The minimum absolute atomic E-state index is 0.0472. The summed E-state index contributed by atoms with van der Waals surface area (Å²) in [5.41, 5.74) is 4.78. The van der Waals surface area contributed by atoms with Gasteiger partial charge in [-0.05, 0) is 69.5 Å². The summed E-state index contributed by atoms with van der Waals surface area (Å²) in [5.74, 6) is 2.30. The fourth-order valence-corrected chi connectivity index (χ4v) is 5.90. The van der Waals surface area contributed by atoms with Crippen LogP contribution in [0.1, 0.15) is 57.7 Å². The summed E-state index contributed by atoms with van der Waals surface area (Å²) in [6.45, 7) is 9.51. The van der Waals surface area contributed by atoms with Gasteiger partial charge in [-0.3, -0.25) is 4.40 Å². The molecular formula is C30H34N8O. The molecule has 1 N–H and O–H groups in total. The van der Waals surface area contributed by atoms with E-state index < -0.39 is 0 Å². The van der Waals surface area contributed by atoms with Crippen LogP contribution in [0.2, 0.25) is 0 Å². The van der Waals surface area contributed by atoms with Gasteiger partial charge in [0.05, 0.1) is 12.7 Å². The van der Waals surface area contributed by atoms with Crippen molar-refractivity contribution >= 4 is 5.78 Å². The average molecular weight is 523 g/mol. The number of nitrogens with zero attached hydrogens (tertiary/aromatic N) is 7. The van der Waals surface area contributed by atoms with Crippen molar-refractivity contribution < 1.29 is 4.74 Å². The Kier molecular flexibility index (Phi) is 6.18. The van der Waals surface area contributed by atoms with E-state index in [4.69, 9.17) is 14.7 Å². The number of fused-ring (bicyclic) bond motifs is 1. The summed E-state index contributed by atoms with van der Waals surface area (Å²) in [6.07, 6.45) is 6.14. The number of nitrogens with one attached hydrogen (secondary N) is 1. The van der Waals surface area contributed by atoms with E-state index in [-0.39, 0.29) is 11.1 Å². The van der Waals surface area contributed by atoms with Crippen LogP contribution in [0, 0.1) is 0 Å². The number of rotatable bonds is 6. The predicted molar refractivity (Wildman–Crippen MR) is 150 cm³/mol. The highest BCUT2D eigenvalue weighted by Gasteiger charge is 2.38. The zero-order valence-corrected chi connectivity index (χ0v) is 23.1. The molecule has 0 saturated carbocycles. The molecule has 0 bridgehead atoms. The number of aryl methyl sites for hydroxylation is 1. The Labute approximate surface area is 228 Å². The maximum atomic E-state index is 6.35. The molecule has 3 aromatic heterocycles. The van der Waals surface area contributed by atoms with Crippen LogP contribution in [-0.4, -0.2) is 45.7 Å². The largest absolute Gasteiger partial charge is 0.488 e. The number of benzene rings is 2. The fraction of sp³-hybridized carbons (Fsp3) is 0.367. The normalized spacial score (nSPS) is 16.9. The van der Waals surface area contributed by atoms with Crippen molar-refractivity contribution in [2.45, 2.75) is 64.1 Å². The summed E-state index contributed by atoms with van der Waals surface area (Å²) >= 11 is 0. The van der Waals surface area contributed by atoms with Gasteiger partial charge in [0.2, 0.25) is 11.6 Å². The first kappa shape index (κ1) is 25.2. The Morgan fingerprint density at radius 1 is 0.974 bits per heavy atom. The van der Waals surface area contributed by atoms with Gasteiger partial charge >= 0.3 is 0 Å². The maximum absolute atomic E-state index is 6.35. The van der Waals surface area contributed by atoms with Crippen LogP contribution in [-0.2, 0) is 13.7 Å². The summed E-state index contributed by atoms with van der Waals surface area (Å²) in [4.78, 5) is 11.4. The predicted octanol–water partition coefficient (Wildman–Crippen LogP) is 5.19. The summed E-state index contributed by atoms with van der Waals surface area (Å²) in [5, 5.41) is 16.3. The number of imidazole rings is 1. The highest BCUT2D eigenvalue weighted by atomic mass is 16.5. The molecule has 39 heavy (non-hydrogen) atoms. The average Bonchev–Trinajstić information content (AvgIpc) is 3.52. The third-order valence-corrected chi connectivity index (χ3v) is 7.22. The zero-order chi connectivity index (χ0) is 27.2. The second-order valence-electron chi connectivity index (χ2n) is 11.8. The van der Waals surface area contributed by atoms with Gasteiger partial charge in [0.25, 0.3) is 0 Å². The molecular weight excluding hydrogens is 488 g/mol. The number of piperidine rings is 1. The van der Waals surface area contributed by atoms with Crippen LogP contribution >= 0.6 is 0 Å². The lowest BCUT2D eigenvalue weighted by atomic mass is 9.74. The molecule has 6 rings (SSSR count). The van der Waals surface area contributed by atoms with Crippen molar-refractivity contribution in [2.24, 2.45) is 7.05 Å². The molecule has 1 aliphatic heterocycles.